The van der Waals surface area contributed by atoms with Crippen molar-refractivity contribution in [3.8, 4) is 0 Å². The topological polar surface area (TPSA) is 35.2 Å². The minimum Gasteiger partial charge on any atom is -0.417 e. The van der Waals surface area contributed by atoms with Gasteiger partial charge in [0.25, 0.3) is 0 Å². The van der Waals surface area contributed by atoms with Crippen LogP contribution in [0.25, 0.3) is 0 Å². The molecular formula is C7H13NO. The highest BCUT2D eigenvalue weighted by atomic mass is 16.6. The standard InChI is InChI=1S/C7H13NO/c1-6(2)4-5-7(3)9-8/h5H,1,4,8H2,2-3H3/b7-5+. The molecule has 0 aromatic heterocycles. The first-order chi connectivity index (χ1) is 4.16. The molecule has 0 aliphatic carbocycles. The van der Waals surface area contributed by atoms with Gasteiger partial charge in [0.05, 0.1) is 0 Å². The largest absolute Gasteiger partial charge is 0.417 e. The van der Waals surface area contributed by atoms with Crippen LogP contribution in [0.5, 0.6) is 0 Å². The Labute approximate surface area is 56.0 Å². The van der Waals surface area contributed by atoms with Gasteiger partial charge in [-0.3, -0.25) is 0 Å². The van der Waals surface area contributed by atoms with Crippen molar-refractivity contribution in [2.24, 2.45) is 5.90 Å². The minimum absolute atomic E-state index is 0.734. The predicted molar refractivity (Wildman–Crippen MR) is 38.5 cm³/mol. The average molecular weight is 127 g/mol. The van der Waals surface area contributed by atoms with E-state index in [1.54, 1.807) is 0 Å². The Balaban J connectivity index is 3.56. The van der Waals surface area contributed by atoms with Gasteiger partial charge in [0, 0.05) is 0 Å². The first-order valence-electron chi connectivity index (χ1n) is 2.84. The van der Waals surface area contributed by atoms with Crippen molar-refractivity contribution in [2.75, 3.05) is 0 Å². The molecule has 0 unspecified atom stereocenters. The molecule has 0 aromatic carbocycles. The summed E-state index contributed by atoms with van der Waals surface area (Å²) in [5.74, 6) is 5.59. The van der Waals surface area contributed by atoms with Crippen LogP contribution in [0.3, 0.4) is 0 Å². The van der Waals surface area contributed by atoms with E-state index < -0.39 is 0 Å². The monoisotopic (exact) mass is 127 g/mol. The zero-order valence-corrected chi connectivity index (χ0v) is 5.98. The van der Waals surface area contributed by atoms with Crippen molar-refractivity contribution in [2.45, 2.75) is 20.3 Å². The molecule has 0 saturated carbocycles. The van der Waals surface area contributed by atoms with Gasteiger partial charge in [-0.25, -0.2) is 0 Å². The summed E-state index contributed by atoms with van der Waals surface area (Å²) >= 11 is 0. The van der Waals surface area contributed by atoms with E-state index in [9.17, 15) is 0 Å². The number of hydrogen-bond acceptors (Lipinski definition) is 2. The highest BCUT2D eigenvalue weighted by Crippen LogP contribution is 2.00. The molecule has 0 bridgehead atoms. The highest BCUT2D eigenvalue weighted by Gasteiger charge is 1.84. The maximum atomic E-state index is 4.86. The molecule has 0 aliphatic rings. The number of nitrogens with two attached hydrogens (primary N) is 1. The van der Waals surface area contributed by atoms with E-state index in [4.69, 9.17) is 5.90 Å². The van der Waals surface area contributed by atoms with Gasteiger partial charge in [0.1, 0.15) is 5.76 Å². The summed E-state index contributed by atoms with van der Waals surface area (Å²) in [5, 5.41) is 0. The number of hydrogen-bond donors (Lipinski definition) is 1. The summed E-state index contributed by atoms with van der Waals surface area (Å²) in [4.78, 5) is 4.42. The lowest BCUT2D eigenvalue weighted by Crippen LogP contribution is -1.94. The van der Waals surface area contributed by atoms with Gasteiger partial charge in [0.15, 0.2) is 0 Å². The maximum absolute atomic E-state index is 4.86. The quantitative estimate of drug-likeness (QED) is 0.356. The van der Waals surface area contributed by atoms with Crippen LogP contribution >= 0.6 is 0 Å². The normalized spacial score (nSPS) is 11.2. The van der Waals surface area contributed by atoms with E-state index in [0.29, 0.717) is 0 Å². The molecule has 0 amide bonds. The van der Waals surface area contributed by atoms with E-state index in [0.717, 1.165) is 17.8 Å². The Morgan fingerprint density at radius 2 is 2.22 bits per heavy atom. The van der Waals surface area contributed by atoms with Gasteiger partial charge < -0.3 is 4.84 Å². The molecule has 9 heavy (non-hydrogen) atoms. The second kappa shape index (κ2) is 4.15. The third-order valence-corrected chi connectivity index (χ3v) is 0.924. The van der Waals surface area contributed by atoms with Crippen molar-refractivity contribution >= 4 is 0 Å². The van der Waals surface area contributed by atoms with E-state index >= 15 is 0 Å². The summed E-state index contributed by atoms with van der Waals surface area (Å²) in [5.41, 5.74) is 1.10. The van der Waals surface area contributed by atoms with Crippen molar-refractivity contribution in [3.05, 3.63) is 24.0 Å². The molecule has 0 spiro atoms. The highest BCUT2D eigenvalue weighted by molar-refractivity contribution is 5.00. The summed E-state index contributed by atoms with van der Waals surface area (Å²) in [6.45, 7) is 7.49. The minimum atomic E-state index is 0.734. The van der Waals surface area contributed by atoms with Crippen LogP contribution in [0.15, 0.2) is 24.0 Å². The molecule has 0 heterocycles. The van der Waals surface area contributed by atoms with Crippen molar-refractivity contribution in [1.82, 2.24) is 0 Å². The molecule has 2 nitrogen and oxygen atoms in total. The van der Waals surface area contributed by atoms with Gasteiger partial charge >= 0.3 is 0 Å². The third-order valence-electron chi connectivity index (χ3n) is 0.924. The van der Waals surface area contributed by atoms with Crippen LogP contribution in [0, 0.1) is 0 Å². The SMILES string of the molecule is C=C(C)C/C=C(\C)ON. The average Bonchev–Trinajstić information content (AvgIpc) is 1.83. The molecular weight excluding hydrogens is 114 g/mol. The Kier molecular flexibility index (Phi) is 3.80. The first-order valence-corrected chi connectivity index (χ1v) is 2.84. The molecule has 2 heteroatoms. The summed E-state index contributed by atoms with van der Waals surface area (Å²) < 4.78 is 0. The summed E-state index contributed by atoms with van der Waals surface area (Å²) in [6, 6.07) is 0. The molecule has 0 radical (unpaired) electrons. The Hall–Kier alpha value is -0.760. The fourth-order valence-electron chi connectivity index (χ4n) is 0.366. The van der Waals surface area contributed by atoms with E-state index in [1.807, 2.05) is 19.9 Å². The molecule has 0 rings (SSSR count). The van der Waals surface area contributed by atoms with E-state index in [2.05, 4.69) is 11.4 Å². The Morgan fingerprint density at radius 1 is 1.67 bits per heavy atom. The van der Waals surface area contributed by atoms with Crippen LogP contribution in [-0.2, 0) is 4.84 Å². The lowest BCUT2D eigenvalue weighted by molar-refractivity contribution is 0.221. The maximum Gasteiger partial charge on any atom is 0.117 e. The van der Waals surface area contributed by atoms with Crippen LogP contribution in [0.4, 0.5) is 0 Å². The van der Waals surface area contributed by atoms with Crippen molar-refractivity contribution < 1.29 is 4.84 Å². The van der Waals surface area contributed by atoms with Gasteiger partial charge in [0.2, 0.25) is 0 Å². The van der Waals surface area contributed by atoms with Gasteiger partial charge in [-0.1, -0.05) is 12.2 Å². The molecule has 0 atom stereocenters. The zero-order valence-electron chi connectivity index (χ0n) is 5.98. The van der Waals surface area contributed by atoms with E-state index in [1.165, 1.54) is 0 Å². The lowest BCUT2D eigenvalue weighted by Gasteiger charge is -1.95. The Morgan fingerprint density at radius 3 is 2.56 bits per heavy atom. The molecule has 0 fully saturated rings. The van der Waals surface area contributed by atoms with E-state index in [-0.39, 0.29) is 0 Å². The van der Waals surface area contributed by atoms with Gasteiger partial charge in [-0.2, -0.15) is 5.90 Å². The summed E-state index contributed by atoms with van der Waals surface area (Å²) in [6.07, 6.45) is 2.73. The predicted octanol–water partition coefficient (Wildman–Crippen LogP) is 1.75. The fourth-order valence-corrected chi connectivity index (χ4v) is 0.366. The van der Waals surface area contributed by atoms with Crippen LogP contribution in [0.1, 0.15) is 20.3 Å². The van der Waals surface area contributed by atoms with Crippen molar-refractivity contribution in [1.29, 1.82) is 0 Å². The molecule has 0 aliphatic heterocycles. The number of allylic oxidation sites excluding steroid dienone is 3. The lowest BCUT2D eigenvalue weighted by atomic mass is 10.2. The van der Waals surface area contributed by atoms with Crippen LogP contribution in [-0.4, -0.2) is 0 Å². The molecule has 0 aromatic rings. The van der Waals surface area contributed by atoms with Gasteiger partial charge in [-0.05, 0) is 26.3 Å². The first kappa shape index (κ1) is 8.24. The van der Waals surface area contributed by atoms with Crippen LogP contribution in [0.2, 0.25) is 0 Å². The second-order valence-corrected chi connectivity index (χ2v) is 2.09. The number of rotatable bonds is 3. The van der Waals surface area contributed by atoms with Gasteiger partial charge in [-0.15, -0.1) is 0 Å². The fraction of sp³-hybridized carbons (Fsp3) is 0.429. The zero-order chi connectivity index (χ0) is 7.28. The molecule has 2 N–H and O–H groups in total. The van der Waals surface area contributed by atoms with Crippen LogP contribution < -0.4 is 5.90 Å². The smallest absolute Gasteiger partial charge is 0.117 e. The Bertz CT molecular complexity index is 127. The third kappa shape index (κ3) is 5.11. The van der Waals surface area contributed by atoms with Crippen molar-refractivity contribution in [3.63, 3.8) is 0 Å². The molecule has 52 valence electrons. The summed E-state index contributed by atoms with van der Waals surface area (Å²) in [7, 11) is 0. The molecule has 0 saturated heterocycles. The second-order valence-electron chi connectivity index (χ2n) is 2.09.